The maximum absolute atomic E-state index is 12.3. The zero-order valence-corrected chi connectivity index (χ0v) is 13.9. The van der Waals surface area contributed by atoms with Crippen LogP contribution in [0.1, 0.15) is 38.2 Å². The van der Waals surface area contributed by atoms with E-state index in [2.05, 4.69) is 28.2 Å². The molecular weight excluding hydrogens is 336 g/mol. The van der Waals surface area contributed by atoms with Gasteiger partial charge >= 0.3 is 0 Å². The van der Waals surface area contributed by atoms with E-state index in [4.69, 9.17) is 18.0 Å². The van der Waals surface area contributed by atoms with Crippen LogP contribution in [0.4, 0.5) is 5.69 Å². The van der Waals surface area contributed by atoms with Crippen molar-refractivity contribution in [3.05, 3.63) is 28.2 Å². The number of hydrogen-bond acceptors (Lipinski definition) is 2. The molecule has 1 aliphatic rings. The molecule has 1 fully saturated rings. The van der Waals surface area contributed by atoms with Crippen LogP contribution in [0.3, 0.4) is 0 Å². The summed E-state index contributed by atoms with van der Waals surface area (Å²) < 4.78 is 0.894. The summed E-state index contributed by atoms with van der Waals surface area (Å²) in [6, 6.07) is 5.54. The second kappa shape index (κ2) is 6.68. The fraction of sp³-hybridized carbons (Fsp3) is 0.467. The fourth-order valence-electron chi connectivity index (χ4n) is 2.59. The van der Waals surface area contributed by atoms with Gasteiger partial charge in [0, 0.05) is 16.0 Å². The van der Waals surface area contributed by atoms with Gasteiger partial charge in [-0.2, -0.15) is 0 Å². The van der Waals surface area contributed by atoms with E-state index in [0.29, 0.717) is 16.2 Å². The van der Waals surface area contributed by atoms with Crippen molar-refractivity contribution in [2.24, 2.45) is 17.6 Å². The molecule has 108 valence electrons. The Morgan fingerprint density at radius 1 is 1.35 bits per heavy atom. The predicted octanol–water partition coefficient (Wildman–Crippen LogP) is 3.85. The number of halogens is 1. The monoisotopic (exact) mass is 354 g/mol. The van der Waals surface area contributed by atoms with E-state index in [-0.39, 0.29) is 11.8 Å². The summed E-state index contributed by atoms with van der Waals surface area (Å²) >= 11 is 8.43. The summed E-state index contributed by atoms with van der Waals surface area (Å²) in [5.74, 6) is 0.911. The van der Waals surface area contributed by atoms with E-state index < -0.39 is 0 Å². The summed E-state index contributed by atoms with van der Waals surface area (Å²) in [7, 11) is 0. The van der Waals surface area contributed by atoms with E-state index in [9.17, 15) is 4.79 Å². The van der Waals surface area contributed by atoms with Crippen LogP contribution in [0.15, 0.2) is 22.7 Å². The fourth-order valence-corrected chi connectivity index (χ4v) is 3.13. The standard InChI is InChI=1S/C15H19BrN2OS/c1-9-2-4-10(5-3-9)15(19)18-13-8-11(16)6-7-12(13)14(17)20/h6-10H,2-5H2,1H3,(H2,17,20)(H,18,19). The Morgan fingerprint density at radius 2 is 2.00 bits per heavy atom. The molecule has 0 bridgehead atoms. The number of rotatable bonds is 3. The first kappa shape index (κ1) is 15.4. The second-order valence-corrected chi connectivity index (χ2v) is 6.86. The first-order valence-corrected chi connectivity index (χ1v) is 8.07. The van der Waals surface area contributed by atoms with Crippen molar-refractivity contribution in [1.29, 1.82) is 0 Å². The summed E-state index contributed by atoms with van der Waals surface area (Å²) in [4.78, 5) is 12.6. The molecule has 1 aromatic carbocycles. The maximum Gasteiger partial charge on any atom is 0.227 e. The molecule has 2 rings (SSSR count). The quantitative estimate of drug-likeness (QED) is 0.810. The molecule has 3 nitrogen and oxygen atoms in total. The second-order valence-electron chi connectivity index (χ2n) is 5.50. The highest BCUT2D eigenvalue weighted by molar-refractivity contribution is 9.10. The molecule has 1 aromatic rings. The van der Waals surface area contributed by atoms with Gasteiger partial charge in [0.15, 0.2) is 0 Å². The molecule has 0 heterocycles. The van der Waals surface area contributed by atoms with Gasteiger partial charge in [-0.1, -0.05) is 35.1 Å². The van der Waals surface area contributed by atoms with Crippen molar-refractivity contribution in [3.63, 3.8) is 0 Å². The van der Waals surface area contributed by atoms with Gasteiger partial charge in [-0.15, -0.1) is 0 Å². The number of benzene rings is 1. The normalized spacial score (nSPS) is 22.3. The Morgan fingerprint density at radius 3 is 2.60 bits per heavy atom. The van der Waals surface area contributed by atoms with Crippen molar-refractivity contribution >= 4 is 44.7 Å². The zero-order chi connectivity index (χ0) is 14.7. The first-order chi connectivity index (χ1) is 9.47. The third-order valence-corrected chi connectivity index (χ3v) is 4.60. The number of thiocarbonyl (C=S) groups is 1. The van der Waals surface area contributed by atoms with Gasteiger partial charge in [0.2, 0.25) is 5.91 Å². The van der Waals surface area contributed by atoms with Gasteiger partial charge in [0.1, 0.15) is 4.99 Å². The molecule has 0 aliphatic heterocycles. The van der Waals surface area contributed by atoms with Crippen molar-refractivity contribution in [3.8, 4) is 0 Å². The third kappa shape index (κ3) is 3.79. The van der Waals surface area contributed by atoms with Crippen LogP contribution in [0.2, 0.25) is 0 Å². The number of nitrogens with two attached hydrogens (primary N) is 1. The van der Waals surface area contributed by atoms with Gasteiger partial charge in [-0.3, -0.25) is 4.79 Å². The molecule has 0 aromatic heterocycles. The van der Waals surface area contributed by atoms with Crippen molar-refractivity contribution in [2.45, 2.75) is 32.6 Å². The number of hydrogen-bond donors (Lipinski definition) is 2. The highest BCUT2D eigenvalue weighted by Crippen LogP contribution is 2.30. The molecule has 3 N–H and O–H groups in total. The minimum absolute atomic E-state index is 0.0764. The van der Waals surface area contributed by atoms with Crippen LogP contribution in [0.5, 0.6) is 0 Å². The van der Waals surface area contributed by atoms with Crippen molar-refractivity contribution < 1.29 is 4.79 Å². The minimum atomic E-state index is 0.0764. The van der Waals surface area contributed by atoms with Crippen LogP contribution in [-0.2, 0) is 4.79 Å². The Kier molecular flexibility index (Phi) is 5.16. The first-order valence-electron chi connectivity index (χ1n) is 6.87. The van der Waals surface area contributed by atoms with Crippen LogP contribution in [0.25, 0.3) is 0 Å². The lowest BCUT2D eigenvalue weighted by Gasteiger charge is -2.25. The number of carbonyl (C=O) groups excluding carboxylic acids is 1. The van der Waals surface area contributed by atoms with Gasteiger partial charge in [-0.25, -0.2) is 0 Å². The predicted molar refractivity (Wildman–Crippen MR) is 89.8 cm³/mol. The highest BCUT2D eigenvalue weighted by Gasteiger charge is 2.24. The van der Waals surface area contributed by atoms with E-state index >= 15 is 0 Å². The maximum atomic E-state index is 12.3. The third-order valence-electron chi connectivity index (χ3n) is 3.89. The van der Waals surface area contributed by atoms with Crippen LogP contribution in [-0.4, -0.2) is 10.9 Å². The van der Waals surface area contributed by atoms with Crippen LogP contribution < -0.4 is 11.1 Å². The number of nitrogens with one attached hydrogen (secondary N) is 1. The molecule has 1 saturated carbocycles. The molecule has 1 aliphatic carbocycles. The lowest BCUT2D eigenvalue weighted by molar-refractivity contribution is -0.121. The summed E-state index contributed by atoms with van der Waals surface area (Å²) in [6.45, 7) is 2.24. The molecular formula is C15H19BrN2OS. The molecule has 0 radical (unpaired) electrons. The van der Waals surface area contributed by atoms with E-state index in [1.165, 1.54) is 0 Å². The summed E-state index contributed by atoms with van der Waals surface area (Å²) in [5, 5.41) is 2.98. The van der Waals surface area contributed by atoms with Crippen molar-refractivity contribution in [1.82, 2.24) is 0 Å². The molecule has 5 heteroatoms. The zero-order valence-electron chi connectivity index (χ0n) is 11.5. The van der Waals surface area contributed by atoms with Gasteiger partial charge < -0.3 is 11.1 Å². The molecule has 0 unspecified atom stereocenters. The molecule has 20 heavy (non-hydrogen) atoms. The Hall–Kier alpha value is -0.940. The largest absolute Gasteiger partial charge is 0.389 e. The summed E-state index contributed by atoms with van der Waals surface area (Å²) in [6.07, 6.45) is 4.17. The van der Waals surface area contributed by atoms with E-state index in [1.54, 1.807) is 0 Å². The van der Waals surface area contributed by atoms with Gasteiger partial charge in [-0.05, 0) is 49.8 Å². The lowest BCUT2D eigenvalue weighted by atomic mass is 9.82. The van der Waals surface area contributed by atoms with Crippen LogP contribution in [0, 0.1) is 11.8 Å². The van der Waals surface area contributed by atoms with Crippen LogP contribution >= 0.6 is 28.1 Å². The summed E-state index contributed by atoms with van der Waals surface area (Å²) in [5.41, 5.74) is 7.10. The SMILES string of the molecule is CC1CCC(C(=O)Nc2cc(Br)ccc2C(N)=S)CC1. The molecule has 1 amide bonds. The smallest absolute Gasteiger partial charge is 0.227 e. The Bertz CT molecular complexity index is 525. The average Bonchev–Trinajstić information content (AvgIpc) is 2.39. The molecule has 0 saturated heterocycles. The molecule has 0 spiro atoms. The lowest BCUT2D eigenvalue weighted by Crippen LogP contribution is -2.27. The topological polar surface area (TPSA) is 55.1 Å². The van der Waals surface area contributed by atoms with Gasteiger partial charge in [0.05, 0.1) is 5.69 Å². The molecule has 0 atom stereocenters. The van der Waals surface area contributed by atoms with Gasteiger partial charge in [0.25, 0.3) is 0 Å². The highest BCUT2D eigenvalue weighted by atomic mass is 79.9. The minimum Gasteiger partial charge on any atom is -0.389 e. The average molecular weight is 355 g/mol. The number of anilines is 1. The Labute approximate surface area is 133 Å². The Balaban J connectivity index is 2.11. The van der Waals surface area contributed by atoms with Crippen molar-refractivity contribution in [2.75, 3.05) is 5.32 Å². The number of carbonyl (C=O) groups is 1. The van der Waals surface area contributed by atoms with E-state index in [1.807, 2.05) is 18.2 Å². The van der Waals surface area contributed by atoms with E-state index in [0.717, 1.165) is 36.1 Å². The number of amides is 1.